The van der Waals surface area contributed by atoms with Crippen molar-refractivity contribution in [1.82, 2.24) is 10.2 Å². The second kappa shape index (κ2) is 8.78. The SMILES string of the molecule is COc1ccc(CNC(=O)C2(C)CCCN(C(=O)c3ccc(Br)cc3)C2)cc1. The van der Waals surface area contributed by atoms with Gasteiger partial charge in [0.25, 0.3) is 5.91 Å². The van der Waals surface area contributed by atoms with Gasteiger partial charge in [-0.05, 0) is 61.7 Å². The Hall–Kier alpha value is -2.34. The summed E-state index contributed by atoms with van der Waals surface area (Å²) >= 11 is 3.39. The lowest BCUT2D eigenvalue weighted by Gasteiger charge is -2.39. The second-order valence-corrected chi connectivity index (χ2v) is 8.34. The van der Waals surface area contributed by atoms with E-state index >= 15 is 0 Å². The number of amides is 2. The Balaban J connectivity index is 1.62. The van der Waals surface area contributed by atoms with E-state index in [-0.39, 0.29) is 11.8 Å². The largest absolute Gasteiger partial charge is 0.497 e. The molecule has 1 heterocycles. The number of hydrogen-bond donors (Lipinski definition) is 1. The lowest BCUT2D eigenvalue weighted by atomic mass is 9.80. The average molecular weight is 445 g/mol. The number of ether oxygens (including phenoxy) is 1. The first-order valence-electron chi connectivity index (χ1n) is 9.37. The van der Waals surface area contributed by atoms with Crippen LogP contribution < -0.4 is 10.1 Å². The first-order chi connectivity index (χ1) is 13.4. The third-order valence-electron chi connectivity index (χ3n) is 5.24. The Morgan fingerprint density at radius 3 is 2.46 bits per heavy atom. The smallest absolute Gasteiger partial charge is 0.253 e. The summed E-state index contributed by atoms with van der Waals surface area (Å²) < 4.78 is 6.09. The van der Waals surface area contributed by atoms with E-state index in [1.807, 2.05) is 55.5 Å². The molecule has 1 aliphatic heterocycles. The number of halogens is 1. The topological polar surface area (TPSA) is 58.6 Å². The Bertz CT molecular complexity index is 836. The van der Waals surface area contributed by atoms with Gasteiger partial charge >= 0.3 is 0 Å². The van der Waals surface area contributed by atoms with Gasteiger partial charge in [0.15, 0.2) is 0 Å². The fraction of sp³-hybridized carbons (Fsp3) is 0.364. The molecule has 1 aliphatic rings. The molecule has 1 atom stereocenters. The monoisotopic (exact) mass is 444 g/mol. The molecule has 1 saturated heterocycles. The zero-order chi connectivity index (χ0) is 20.1. The van der Waals surface area contributed by atoms with Crippen LogP contribution in [0.15, 0.2) is 53.0 Å². The molecule has 2 amide bonds. The Kier molecular flexibility index (Phi) is 6.39. The van der Waals surface area contributed by atoms with Crippen LogP contribution in [0.5, 0.6) is 5.75 Å². The molecular weight excluding hydrogens is 420 g/mol. The molecule has 6 heteroatoms. The molecule has 5 nitrogen and oxygen atoms in total. The molecule has 2 aromatic rings. The fourth-order valence-corrected chi connectivity index (χ4v) is 3.78. The van der Waals surface area contributed by atoms with Crippen LogP contribution in [-0.4, -0.2) is 36.9 Å². The highest BCUT2D eigenvalue weighted by Gasteiger charge is 2.39. The maximum atomic E-state index is 12.9. The van der Waals surface area contributed by atoms with Crippen LogP contribution in [0.3, 0.4) is 0 Å². The van der Waals surface area contributed by atoms with Gasteiger partial charge in [-0.15, -0.1) is 0 Å². The van der Waals surface area contributed by atoms with E-state index in [9.17, 15) is 9.59 Å². The normalized spacial score (nSPS) is 19.2. The van der Waals surface area contributed by atoms with E-state index in [1.54, 1.807) is 12.0 Å². The molecule has 0 aliphatic carbocycles. The minimum atomic E-state index is -0.588. The summed E-state index contributed by atoms with van der Waals surface area (Å²) in [4.78, 5) is 27.5. The van der Waals surface area contributed by atoms with E-state index in [4.69, 9.17) is 4.74 Å². The van der Waals surface area contributed by atoms with Gasteiger partial charge in [-0.25, -0.2) is 0 Å². The van der Waals surface area contributed by atoms with Crippen molar-refractivity contribution in [3.05, 3.63) is 64.1 Å². The van der Waals surface area contributed by atoms with Crippen molar-refractivity contribution in [2.75, 3.05) is 20.2 Å². The number of likely N-dealkylation sites (tertiary alicyclic amines) is 1. The fourth-order valence-electron chi connectivity index (χ4n) is 3.51. The highest BCUT2D eigenvalue weighted by atomic mass is 79.9. The Labute approximate surface area is 174 Å². The van der Waals surface area contributed by atoms with Gasteiger partial charge in [-0.2, -0.15) is 0 Å². The summed E-state index contributed by atoms with van der Waals surface area (Å²) in [5.41, 5.74) is 1.07. The first-order valence-corrected chi connectivity index (χ1v) is 10.2. The highest BCUT2D eigenvalue weighted by Crippen LogP contribution is 2.31. The van der Waals surface area contributed by atoms with Crippen molar-refractivity contribution in [2.24, 2.45) is 5.41 Å². The van der Waals surface area contributed by atoms with Crippen molar-refractivity contribution >= 4 is 27.7 Å². The summed E-state index contributed by atoms with van der Waals surface area (Å²) in [6.07, 6.45) is 1.58. The number of nitrogens with zero attached hydrogens (tertiary/aromatic N) is 1. The maximum absolute atomic E-state index is 12.9. The average Bonchev–Trinajstić information content (AvgIpc) is 2.72. The van der Waals surface area contributed by atoms with Crippen LogP contribution in [0.25, 0.3) is 0 Å². The van der Waals surface area contributed by atoms with Gasteiger partial charge in [0, 0.05) is 29.7 Å². The Morgan fingerprint density at radius 2 is 1.82 bits per heavy atom. The first kappa shape index (κ1) is 20.4. The van der Waals surface area contributed by atoms with Crippen LogP contribution in [0.2, 0.25) is 0 Å². The minimum absolute atomic E-state index is 0.0170. The van der Waals surface area contributed by atoms with Gasteiger partial charge < -0.3 is 15.0 Å². The number of piperidine rings is 1. The van der Waals surface area contributed by atoms with Gasteiger partial charge in [-0.3, -0.25) is 9.59 Å². The summed E-state index contributed by atoms with van der Waals surface area (Å²) in [5, 5.41) is 3.03. The van der Waals surface area contributed by atoms with Gasteiger partial charge in [0.2, 0.25) is 5.91 Å². The maximum Gasteiger partial charge on any atom is 0.253 e. The number of rotatable bonds is 5. The zero-order valence-corrected chi connectivity index (χ0v) is 17.8. The van der Waals surface area contributed by atoms with Crippen molar-refractivity contribution in [2.45, 2.75) is 26.3 Å². The van der Waals surface area contributed by atoms with Crippen molar-refractivity contribution in [3.8, 4) is 5.75 Å². The van der Waals surface area contributed by atoms with Gasteiger partial charge in [0.1, 0.15) is 5.75 Å². The third-order valence-corrected chi connectivity index (χ3v) is 5.76. The van der Waals surface area contributed by atoms with Crippen LogP contribution in [0.4, 0.5) is 0 Å². The quantitative estimate of drug-likeness (QED) is 0.757. The summed E-state index contributed by atoms with van der Waals surface area (Å²) in [6.45, 7) is 3.50. The molecule has 3 rings (SSSR count). The molecule has 0 aromatic heterocycles. The van der Waals surface area contributed by atoms with Crippen molar-refractivity contribution in [3.63, 3.8) is 0 Å². The predicted molar refractivity (Wildman–Crippen MR) is 112 cm³/mol. The van der Waals surface area contributed by atoms with Gasteiger partial charge in [-0.1, -0.05) is 28.1 Å². The van der Waals surface area contributed by atoms with Gasteiger partial charge in [0.05, 0.1) is 12.5 Å². The lowest BCUT2D eigenvalue weighted by molar-refractivity contribution is -0.132. The molecule has 1 unspecified atom stereocenters. The standard InChI is InChI=1S/C22H25BrN2O3/c1-22(21(27)24-14-16-4-10-19(28-2)11-5-16)12-3-13-25(15-22)20(26)17-6-8-18(23)9-7-17/h4-11H,3,12-15H2,1-2H3,(H,24,27). The zero-order valence-electron chi connectivity index (χ0n) is 16.2. The summed E-state index contributed by atoms with van der Waals surface area (Å²) in [5.74, 6) is 0.745. The number of benzene rings is 2. The van der Waals surface area contributed by atoms with Crippen molar-refractivity contribution in [1.29, 1.82) is 0 Å². The van der Waals surface area contributed by atoms with Crippen LogP contribution in [0.1, 0.15) is 35.7 Å². The molecule has 0 saturated carbocycles. The van der Waals surface area contributed by atoms with E-state index in [0.717, 1.165) is 28.6 Å². The minimum Gasteiger partial charge on any atom is -0.497 e. The van der Waals surface area contributed by atoms with E-state index < -0.39 is 5.41 Å². The summed E-state index contributed by atoms with van der Waals surface area (Å²) in [6, 6.07) is 15.0. The van der Waals surface area contributed by atoms with E-state index in [1.165, 1.54) is 0 Å². The Morgan fingerprint density at radius 1 is 1.14 bits per heavy atom. The lowest BCUT2D eigenvalue weighted by Crippen LogP contribution is -2.51. The molecule has 0 radical (unpaired) electrons. The van der Waals surface area contributed by atoms with Crippen molar-refractivity contribution < 1.29 is 14.3 Å². The molecule has 0 bridgehead atoms. The summed E-state index contributed by atoms with van der Waals surface area (Å²) in [7, 11) is 1.63. The number of hydrogen-bond acceptors (Lipinski definition) is 3. The molecule has 0 spiro atoms. The molecule has 148 valence electrons. The molecule has 1 N–H and O–H groups in total. The second-order valence-electron chi connectivity index (χ2n) is 7.43. The van der Waals surface area contributed by atoms with E-state index in [0.29, 0.717) is 25.2 Å². The van der Waals surface area contributed by atoms with Crippen LogP contribution in [0, 0.1) is 5.41 Å². The third kappa shape index (κ3) is 4.73. The number of carbonyl (C=O) groups is 2. The molecule has 1 fully saturated rings. The predicted octanol–water partition coefficient (Wildman–Crippen LogP) is 4.02. The molecule has 2 aromatic carbocycles. The molecular formula is C22H25BrN2O3. The number of carbonyl (C=O) groups excluding carboxylic acids is 2. The number of nitrogens with one attached hydrogen (secondary N) is 1. The van der Waals surface area contributed by atoms with E-state index in [2.05, 4.69) is 21.2 Å². The number of methoxy groups -OCH3 is 1. The molecule has 28 heavy (non-hydrogen) atoms. The highest BCUT2D eigenvalue weighted by molar-refractivity contribution is 9.10. The van der Waals surface area contributed by atoms with Crippen LogP contribution >= 0.6 is 15.9 Å². The van der Waals surface area contributed by atoms with Crippen LogP contribution in [-0.2, 0) is 11.3 Å².